The van der Waals surface area contributed by atoms with Gasteiger partial charge in [-0.05, 0) is 43.4 Å². The maximum atomic E-state index is 13.0. The van der Waals surface area contributed by atoms with Crippen LogP contribution >= 0.6 is 11.8 Å². The number of amides is 2. The Morgan fingerprint density at radius 2 is 2.04 bits per heavy atom. The first-order chi connectivity index (χ1) is 13.0. The lowest BCUT2D eigenvalue weighted by Gasteiger charge is -2.17. The monoisotopic (exact) mass is 389 g/mol. The first-order valence-corrected chi connectivity index (χ1v) is 10.5. The summed E-state index contributed by atoms with van der Waals surface area (Å²) in [6, 6.07) is 5.91. The molecule has 1 aromatic rings. The Balaban J connectivity index is 1.31. The van der Waals surface area contributed by atoms with Crippen LogP contribution in [0.1, 0.15) is 38.2 Å². The number of thioether (sulfide) groups is 1. The lowest BCUT2D eigenvalue weighted by atomic mass is 10.0. The molecule has 1 aromatic carbocycles. The molecule has 2 amide bonds. The number of hydrogen-bond acceptors (Lipinski definition) is 4. The Morgan fingerprint density at radius 1 is 1.30 bits per heavy atom. The van der Waals surface area contributed by atoms with Gasteiger partial charge in [-0.3, -0.25) is 19.5 Å². The molecule has 7 heteroatoms. The van der Waals surface area contributed by atoms with Crippen LogP contribution < -0.4 is 5.32 Å². The molecular formula is C20H24FN3O2S. The van der Waals surface area contributed by atoms with Gasteiger partial charge in [0.25, 0.3) is 0 Å². The highest BCUT2D eigenvalue weighted by Gasteiger charge is 2.42. The molecule has 0 aromatic heterocycles. The van der Waals surface area contributed by atoms with Gasteiger partial charge in [-0.15, -0.1) is 0 Å². The predicted octanol–water partition coefficient (Wildman–Crippen LogP) is 2.95. The second kappa shape index (κ2) is 7.62. The fraction of sp³-hybridized carbons (Fsp3) is 0.550. The van der Waals surface area contributed by atoms with Crippen LogP contribution in [0.15, 0.2) is 29.3 Å². The number of likely N-dealkylation sites (tertiary alicyclic amines) is 1. The third kappa shape index (κ3) is 4.18. The van der Waals surface area contributed by atoms with Crippen LogP contribution in [0.5, 0.6) is 0 Å². The standard InChI is InChI=1S/C20H24FN3O2S/c1-12-17(18(25)22-11-14-4-6-16(21)7-5-14)27-20(23-12)24-9-8-15(19(24)26)10-13-2-3-13/h4-7,12-13,15,17H,2-3,8-11H2,1H3,(H,22,25). The van der Waals surface area contributed by atoms with Gasteiger partial charge in [-0.2, -0.15) is 0 Å². The summed E-state index contributed by atoms with van der Waals surface area (Å²) in [4.78, 5) is 31.6. The minimum atomic E-state index is -0.337. The minimum Gasteiger partial charge on any atom is -0.351 e. The van der Waals surface area contributed by atoms with Crippen molar-refractivity contribution < 1.29 is 14.0 Å². The summed E-state index contributed by atoms with van der Waals surface area (Å²) in [5.41, 5.74) is 0.846. The number of carbonyl (C=O) groups is 2. The Bertz CT molecular complexity index is 763. The summed E-state index contributed by atoms with van der Waals surface area (Å²) >= 11 is 1.39. The highest BCUT2D eigenvalue weighted by Crippen LogP contribution is 2.40. The lowest BCUT2D eigenvalue weighted by Crippen LogP contribution is -2.37. The molecule has 2 heterocycles. The summed E-state index contributed by atoms with van der Waals surface area (Å²) in [6.07, 6.45) is 4.41. The fourth-order valence-corrected chi connectivity index (χ4v) is 4.90. The number of halogens is 1. The number of benzene rings is 1. The molecule has 2 aliphatic heterocycles. The first kappa shape index (κ1) is 18.5. The van der Waals surface area contributed by atoms with Crippen molar-refractivity contribution in [2.45, 2.75) is 50.4 Å². The van der Waals surface area contributed by atoms with Crippen LogP contribution in [-0.2, 0) is 16.1 Å². The maximum absolute atomic E-state index is 13.0. The van der Waals surface area contributed by atoms with Gasteiger partial charge in [-0.25, -0.2) is 4.39 Å². The maximum Gasteiger partial charge on any atom is 0.236 e. The topological polar surface area (TPSA) is 61.8 Å². The van der Waals surface area contributed by atoms with Crippen molar-refractivity contribution in [1.29, 1.82) is 0 Å². The smallest absolute Gasteiger partial charge is 0.236 e. The Hall–Kier alpha value is -1.89. The molecular weight excluding hydrogens is 365 g/mol. The van der Waals surface area contributed by atoms with Crippen LogP contribution in [0.25, 0.3) is 0 Å². The molecule has 1 saturated heterocycles. The Morgan fingerprint density at radius 3 is 2.74 bits per heavy atom. The fourth-order valence-electron chi connectivity index (χ4n) is 3.69. The highest BCUT2D eigenvalue weighted by molar-refractivity contribution is 8.15. The van der Waals surface area contributed by atoms with Crippen molar-refractivity contribution in [3.63, 3.8) is 0 Å². The molecule has 3 atom stereocenters. The van der Waals surface area contributed by atoms with Crippen LogP contribution in [-0.4, -0.2) is 39.7 Å². The average molecular weight is 389 g/mol. The second-order valence-corrected chi connectivity index (χ2v) is 8.80. The van der Waals surface area contributed by atoms with Crippen LogP contribution in [0.3, 0.4) is 0 Å². The lowest BCUT2D eigenvalue weighted by molar-refractivity contribution is -0.128. The Labute approximate surface area is 162 Å². The molecule has 144 valence electrons. The quantitative estimate of drug-likeness (QED) is 0.842. The van der Waals surface area contributed by atoms with Gasteiger partial charge < -0.3 is 5.32 Å². The van der Waals surface area contributed by atoms with E-state index < -0.39 is 0 Å². The number of amidine groups is 1. The van der Waals surface area contributed by atoms with Crippen LogP contribution in [0, 0.1) is 17.7 Å². The van der Waals surface area contributed by atoms with E-state index in [2.05, 4.69) is 10.3 Å². The van der Waals surface area contributed by atoms with Gasteiger partial charge in [0.15, 0.2) is 5.17 Å². The third-order valence-electron chi connectivity index (χ3n) is 5.49. The average Bonchev–Trinajstić information content (AvgIpc) is 3.29. The van der Waals surface area contributed by atoms with Crippen molar-refractivity contribution in [2.24, 2.45) is 16.8 Å². The van der Waals surface area contributed by atoms with Gasteiger partial charge in [0.05, 0.1) is 6.04 Å². The van der Waals surface area contributed by atoms with E-state index in [-0.39, 0.29) is 34.8 Å². The number of aliphatic imine (C=N–C) groups is 1. The van der Waals surface area contributed by atoms with E-state index in [0.29, 0.717) is 18.3 Å². The normalized spacial score (nSPS) is 27.8. The van der Waals surface area contributed by atoms with Gasteiger partial charge in [0.1, 0.15) is 11.1 Å². The van der Waals surface area contributed by atoms with Gasteiger partial charge in [0, 0.05) is 19.0 Å². The number of nitrogens with one attached hydrogen (secondary N) is 1. The van der Waals surface area contributed by atoms with Crippen molar-refractivity contribution >= 4 is 28.7 Å². The molecule has 27 heavy (non-hydrogen) atoms. The third-order valence-corrected chi connectivity index (χ3v) is 6.88. The molecule has 5 nitrogen and oxygen atoms in total. The highest BCUT2D eigenvalue weighted by atomic mass is 32.2. The number of rotatable bonds is 5. The van der Waals surface area contributed by atoms with Gasteiger partial charge >= 0.3 is 0 Å². The van der Waals surface area contributed by atoms with E-state index in [0.717, 1.165) is 24.3 Å². The molecule has 3 unspecified atom stereocenters. The Kier molecular flexibility index (Phi) is 5.21. The summed E-state index contributed by atoms with van der Waals surface area (Å²) in [5, 5.41) is 3.25. The van der Waals surface area contributed by atoms with Gasteiger partial charge in [-0.1, -0.05) is 36.7 Å². The molecule has 1 saturated carbocycles. The number of hydrogen-bond donors (Lipinski definition) is 1. The molecule has 3 aliphatic rings. The van der Waals surface area contributed by atoms with Crippen molar-refractivity contribution in [3.05, 3.63) is 35.6 Å². The van der Waals surface area contributed by atoms with E-state index in [4.69, 9.17) is 0 Å². The summed E-state index contributed by atoms with van der Waals surface area (Å²) in [6.45, 7) is 2.97. The van der Waals surface area contributed by atoms with E-state index in [9.17, 15) is 14.0 Å². The van der Waals surface area contributed by atoms with E-state index in [1.807, 2.05) is 6.92 Å². The SMILES string of the molecule is CC1N=C(N2CCC(CC3CC3)C2=O)SC1C(=O)NCc1ccc(F)cc1. The molecule has 4 rings (SSSR count). The molecule has 2 fully saturated rings. The largest absolute Gasteiger partial charge is 0.351 e. The first-order valence-electron chi connectivity index (χ1n) is 9.59. The minimum absolute atomic E-state index is 0.100. The van der Waals surface area contributed by atoms with Crippen LogP contribution in [0.4, 0.5) is 4.39 Å². The van der Waals surface area contributed by atoms with Crippen molar-refractivity contribution in [2.75, 3.05) is 6.54 Å². The van der Waals surface area contributed by atoms with E-state index in [1.54, 1.807) is 17.0 Å². The zero-order chi connectivity index (χ0) is 19.0. The molecule has 0 spiro atoms. The number of nitrogens with zero attached hydrogens (tertiary/aromatic N) is 2. The van der Waals surface area contributed by atoms with Crippen LogP contribution in [0.2, 0.25) is 0 Å². The van der Waals surface area contributed by atoms with Crippen molar-refractivity contribution in [3.8, 4) is 0 Å². The summed E-state index contributed by atoms with van der Waals surface area (Å²) < 4.78 is 13.0. The predicted molar refractivity (Wildman–Crippen MR) is 104 cm³/mol. The molecule has 0 radical (unpaired) electrons. The molecule has 1 aliphatic carbocycles. The number of carbonyl (C=O) groups excluding carboxylic acids is 2. The van der Waals surface area contributed by atoms with E-state index >= 15 is 0 Å². The second-order valence-electron chi connectivity index (χ2n) is 7.69. The summed E-state index contributed by atoms with van der Waals surface area (Å²) in [5.74, 6) is 0.645. The molecule has 0 bridgehead atoms. The van der Waals surface area contributed by atoms with E-state index in [1.165, 1.54) is 36.7 Å². The molecule has 1 N–H and O–H groups in total. The van der Waals surface area contributed by atoms with Gasteiger partial charge in [0.2, 0.25) is 11.8 Å². The zero-order valence-corrected chi connectivity index (χ0v) is 16.2. The summed E-state index contributed by atoms with van der Waals surface area (Å²) in [7, 11) is 0. The van der Waals surface area contributed by atoms with Crippen molar-refractivity contribution in [1.82, 2.24) is 10.2 Å². The zero-order valence-electron chi connectivity index (χ0n) is 15.4.